The van der Waals surface area contributed by atoms with Gasteiger partial charge in [0.25, 0.3) is 0 Å². The third-order valence-corrected chi connectivity index (χ3v) is 3.87. The Morgan fingerprint density at radius 1 is 1.40 bits per heavy atom. The molecule has 1 aromatic heterocycles. The molecular weight excluding hydrogens is 258 g/mol. The zero-order valence-corrected chi connectivity index (χ0v) is 12.2. The molecule has 0 spiro atoms. The molecule has 1 heterocycles. The fourth-order valence-corrected chi connectivity index (χ4v) is 2.86. The number of carbonyl (C=O) groups is 2. The van der Waals surface area contributed by atoms with Gasteiger partial charge in [-0.1, -0.05) is 0 Å². The quantitative estimate of drug-likeness (QED) is 0.832. The lowest BCUT2D eigenvalue weighted by atomic mass is 9.96. The van der Waals surface area contributed by atoms with E-state index in [0.717, 1.165) is 18.5 Å². The summed E-state index contributed by atoms with van der Waals surface area (Å²) in [5.41, 5.74) is 2.48. The van der Waals surface area contributed by atoms with Crippen molar-refractivity contribution in [3.05, 3.63) is 22.5 Å². The molecule has 1 aromatic rings. The maximum Gasteiger partial charge on any atom is 0.355 e. The van der Waals surface area contributed by atoms with Crippen LogP contribution in [0.3, 0.4) is 0 Å². The number of hydrogen-bond donors (Lipinski definition) is 2. The first-order valence-corrected chi connectivity index (χ1v) is 7.02. The van der Waals surface area contributed by atoms with Crippen molar-refractivity contribution < 1.29 is 19.4 Å². The van der Waals surface area contributed by atoms with Crippen molar-refractivity contribution >= 4 is 11.8 Å². The molecule has 0 amide bonds. The molecule has 0 saturated heterocycles. The lowest BCUT2D eigenvalue weighted by molar-refractivity contribution is -0.129. The molecule has 0 bridgehead atoms. The van der Waals surface area contributed by atoms with Crippen LogP contribution in [-0.4, -0.2) is 27.9 Å². The summed E-state index contributed by atoms with van der Waals surface area (Å²) in [6, 6.07) is 0. The Morgan fingerprint density at radius 2 is 2.10 bits per heavy atom. The summed E-state index contributed by atoms with van der Waals surface area (Å²) >= 11 is 0. The molecule has 0 aromatic carbocycles. The zero-order valence-electron chi connectivity index (χ0n) is 12.2. The van der Waals surface area contributed by atoms with Gasteiger partial charge in [-0.15, -0.1) is 0 Å². The summed E-state index contributed by atoms with van der Waals surface area (Å²) in [6.07, 6.45) is 1.61. The Morgan fingerprint density at radius 3 is 2.65 bits per heavy atom. The monoisotopic (exact) mass is 279 g/mol. The van der Waals surface area contributed by atoms with Crippen molar-refractivity contribution in [3.63, 3.8) is 0 Å². The number of ketones is 1. The Balaban J connectivity index is 2.17. The number of carbonyl (C=O) groups excluding carboxylic acids is 2. The highest BCUT2D eigenvalue weighted by Crippen LogP contribution is 2.26. The number of aromatic nitrogens is 1. The normalized spacial score (nSPS) is 20.8. The van der Waals surface area contributed by atoms with E-state index in [4.69, 9.17) is 4.74 Å². The van der Waals surface area contributed by atoms with Crippen LogP contribution in [0, 0.1) is 13.8 Å². The van der Waals surface area contributed by atoms with Crippen molar-refractivity contribution in [1.82, 2.24) is 4.98 Å². The van der Waals surface area contributed by atoms with Gasteiger partial charge in [0.1, 0.15) is 5.69 Å². The highest BCUT2D eigenvalue weighted by molar-refractivity contribution is 5.93. The number of hydrogen-bond acceptors (Lipinski definition) is 4. The van der Waals surface area contributed by atoms with E-state index in [1.807, 2.05) is 0 Å². The van der Waals surface area contributed by atoms with E-state index in [0.29, 0.717) is 29.7 Å². The summed E-state index contributed by atoms with van der Waals surface area (Å²) in [5.74, 6) is -0.515. The molecule has 2 atom stereocenters. The number of aliphatic hydroxyl groups excluding tert-OH is 1. The van der Waals surface area contributed by atoms with Gasteiger partial charge in [-0.05, 0) is 45.6 Å². The van der Waals surface area contributed by atoms with Crippen LogP contribution in [0.1, 0.15) is 66.0 Å². The number of aryl methyl sites for hydroxylation is 1. The number of H-pyrrole nitrogens is 1. The molecular formula is C15H21NO4. The first-order valence-electron chi connectivity index (χ1n) is 7.02. The predicted molar refractivity (Wildman–Crippen MR) is 73.6 cm³/mol. The van der Waals surface area contributed by atoms with Gasteiger partial charge in [0.15, 0.2) is 11.9 Å². The van der Waals surface area contributed by atoms with Crippen molar-refractivity contribution in [3.8, 4) is 0 Å². The predicted octanol–water partition coefficient (Wildman–Crippen LogP) is 2.35. The highest BCUT2D eigenvalue weighted by Gasteiger charge is 2.28. The fraction of sp³-hybridized carbons (Fsp3) is 0.600. The molecule has 2 rings (SSSR count). The number of Topliss-reactive ketones (excluding diaryl/α,β-unsaturated/α-hetero) is 1. The average Bonchev–Trinajstić information content (AvgIpc) is 2.67. The summed E-state index contributed by atoms with van der Waals surface area (Å²) in [4.78, 5) is 26.8. The van der Waals surface area contributed by atoms with Crippen LogP contribution >= 0.6 is 0 Å². The minimum absolute atomic E-state index is 0.00119. The highest BCUT2D eigenvalue weighted by atomic mass is 16.5. The van der Waals surface area contributed by atoms with Gasteiger partial charge >= 0.3 is 5.97 Å². The van der Waals surface area contributed by atoms with Crippen LogP contribution < -0.4 is 0 Å². The topological polar surface area (TPSA) is 79.4 Å². The van der Waals surface area contributed by atoms with Crippen molar-refractivity contribution in [2.75, 3.05) is 0 Å². The Hall–Kier alpha value is -1.62. The van der Waals surface area contributed by atoms with E-state index < -0.39 is 18.2 Å². The van der Waals surface area contributed by atoms with E-state index in [2.05, 4.69) is 4.98 Å². The second-order valence-electron chi connectivity index (χ2n) is 5.45. The number of aromatic amines is 1. The van der Waals surface area contributed by atoms with E-state index >= 15 is 0 Å². The average molecular weight is 279 g/mol. The van der Waals surface area contributed by atoms with Gasteiger partial charge in [0, 0.05) is 17.7 Å². The maximum absolute atomic E-state index is 12.2. The molecule has 2 N–H and O–H groups in total. The molecule has 1 fully saturated rings. The van der Waals surface area contributed by atoms with Gasteiger partial charge in [-0.2, -0.15) is 0 Å². The van der Waals surface area contributed by atoms with E-state index in [9.17, 15) is 14.7 Å². The molecule has 0 radical (unpaired) electrons. The lowest BCUT2D eigenvalue weighted by Gasteiger charge is -2.20. The fourth-order valence-electron chi connectivity index (χ4n) is 2.86. The molecule has 5 heteroatoms. The second kappa shape index (κ2) is 5.79. The minimum atomic E-state index is -0.649. The van der Waals surface area contributed by atoms with Crippen molar-refractivity contribution in [2.45, 2.75) is 58.7 Å². The SMILES string of the molecule is Cc1[nH]c(C(=O)O[C@@H]2CCCCC2=O)c(C)c1[C@H](C)O. The lowest BCUT2D eigenvalue weighted by Crippen LogP contribution is -2.30. The maximum atomic E-state index is 12.2. The summed E-state index contributed by atoms with van der Waals surface area (Å²) in [6.45, 7) is 5.23. The van der Waals surface area contributed by atoms with Gasteiger partial charge in [0.05, 0.1) is 6.10 Å². The van der Waals surface area contributed by atoms with Gasteiger partial charge in [-0.3, -0.25) is 4.79 Å². The zero-order chi connectivity index (χ0) is 14.9. The number of esters is 1. The molecule has 1 saturated carbocycles. The van der Waals surface area contributed by atoms with Crippen molar-refractivity contribution in [2.24, 2.45) is 0 Å². The minimum Gasteiger partial charge on any atom is -0.450 e. The molecule has 0 unspecified atom stereocenters. The summed E-state index contributed by atoms with van der Waals surface area (Å²) in [7, 11) is 0. The smallest absolute Gasteiger partial charge is 0.355 e. The van der Waals surface area contributed by atoms with Crippen LogP contribution in [-0.2, 0) is 9.53 Å². The third-order valence-electron chi connectivity index (χ3n) is 3.87. The molecule has 20 heavy (non-hydrogen) atoms. The van der Waals surface area contributed by atoms with Crippen LogP contribution in [0.5, 0.6) is 0 Å². The first-order chi connectivity index (χ1) is 9.41. The van der Waals surface area contributed by atoms with Gasteiger partial charge in [0.2, 0.25) is 0 Å². The summed E-state index contributed by atoms with van der Waals surface area (Å²) in [5, 5.41) is 9.72. The molecule has 5 nitrogen and oxygen atoms in total. The molecule has 0 aliphatic heterocycles. The van der Waals surface area contributed by atoms with Crippen LogP contribution in [0.15, 0.2) is 0 Å². The standard InChI is InChI=1S/C15H21NO4/c1-8-13(10(3)17)9(2)16-14(8)15(19)20-12-7-5-4-6-11(12)18/h10,12,16-17H,4-7H2,1-3H3/t10-,12+/m0/s1. The van der Waals surface area contributed by atoms with E-state index in [-0.39, 0.29) is 5.78 Å². The molecule has 1 aliphatic carbocycles. The number of rotatable bonds is 3. The van der Waals surface area contributed by atoms with E-state index in [1.54, 1.807) is 20.8 Å². The Labute approximate surface area is 118 Å². The Kier molecular flexibility index (Phi) is 4.28. The molecule has 1 aliphatic rings. The summed E-state index contributed by atoms with van der Waals surface area (Å²) < 4.78 is 5.32. The van der Waals surface area contributed by atoms with E-state index in [1.165, 1.54) is 0 Å². The number of aliphatic hydroxyl groups is 1. The van der Waals surface area contributed by atoms with Crippen molar-refractivity contribution in [1.29, 1.82) is 0 Å². The van der Waals surface area contributed by atoms with Crippen LogP contribution in [0.4, 0.5) is 0 Å². The molecule has 110 valence electrons. The van der Waals surface area contributed by atoms with Crippen LogP contribution in [0.2, 0.25) is 0 Å². The van der Waals surface area contributed by atoms with Gasteiger partial charge in [-0.25, -0.2) is 4.79 Å². The number of nitrogens with one attached hydrogen (secondary N) is 1. The van der Waals surface area contributed by atoms with Crippen LogP contribution in [0.25, 0.3) is 0 Å². The first kappa shape index (κ1) is 14.8. The second-order valence-corrected chi connectivity index (χ2v) is 5.45. The largest absolute Gasteiger partial charge is 0.450 e. The number of ether oxygens (including phenoxy) is 1. The van der Waals surface area contributed by atoms with Gasteiger partial charge < -0.3 is 14.8 Å². The Bertz CT molecular complexity index is 530. The third kappa shape index (κ3) is 2.77.